The third-order valence-corrected chi connectivity index (χ3v) is 5.06. The molecule has 1 atom stereocenters. The van der Waals surface area contributed by atoms with Crippen LogP contribution in [-0.2, 0) is 11.2 Å². The zero-order valence-electron chi connectivity index (χ0n) is 14.1. The lowest BCUT2D eigenvalue weighted by atomic mass is 9.91. The number of nitrogens with one attached hydrogen (secondary N) is 1. The molecule has 1 aromatic carbocycles. The number of aryl methyl sites for hydroxylation is 2. The SMILES string of the molecule is Cc1ccc2sccc2c1-c1c(CC(C)OC(=O)O)c(C)n[nH]c1=O. The van der Waals surface area contributed by atoms with Crippen molar-refractivity contribution in [2.75, 3.05) is 0 Å². The van der Waals surface area contributed by atoms with E-state index in [1.54, 1.807) is 25.2 Å². The van der Waals surface area contributed by atoms with E-state index in [9.17, 15) is 9.59 Å². The third-order valence-electron chi connectivity index (χ3n) is 4.18. The summed E-state index contributed by atoms with van der Waals surface area (Å²) in [4.78, 5) is 23.4. The summed E-state index contributed by atoms with van der Waals surface area (Å²) in [5, 5.41) is 18.4. The van der Waals surface area contributed by atoms with Gasteiger partial charge in [-0.1, -0.05) is 6.07 Å². The van der Waals surface area contributed by atoms with Gasteiger partial charge in [0.25, 0.3) is 5.56 Å². The van der Waals surface area contributed by atoms with E-state index in [0.717, 1.165) is 21.2 Å². The van der Waals surface area contributed by atoms with Gasteiger partial charge in [-0.15, -0.1) is 11.3 Å². The van der Waals surface area contributed by atoms with Crippen molar-refractivity contribution in [2.45, 2.75) is 33.3 Å². The van der Waals surface area contributed by atoms with Crippen LogP contribution in [0.1, 0.15) is 23.7 Å². The molecule has 2 N–H and O–H groups in total. The van der Waals surface area contributed by atoms with Gasteiger partial charge in [0, 0.05) is 16.5 Å². The number of aromatic nitrogens is 2. The smallest absolute Gasteiger partial charge is 0.450 e. The zero-order chi connectivity index (χ0) is 18.1. The highest BCUT2D eigenvalue weighted by Gasteiger charge is 2.21. The second-order valence-electron chi connectivity index (χ2n) is 5.98. The molecule has 3 rings (SSSR count). The van der Waals surface area contributed by atoms with Crippen LogP contribution in [0.4, 0.5) is 4.79 Å². The summed E-state index contributed by atoms with van der Waals surface area (Å²) in [6.07, 6.45) is -1.63. The average molecular weight is 358 g/mol. The van der Waals surface area contributed by atoms with E-state index in [4.69, 9.17) is 9.84 Å². The summed E-state index contributed by atoms with van der Waals surface area (Å²) in [6, 6.07) is 6.03. The Bertz CT molecular complexity index is 1010. The van der Waals surface area contributed by atoms with Crippen molar-refractivity contribution in [3.8, 4) is 11.1 Å². The Kier molecular flexibility index (Phi) is 4.59. The van der Waals surface area contributed by atoms with Gasteiger partial charge in [-0.3, -0.25) is 4.79 Å². The molecule has 0 radical (unpaired) electrons. The van der Waals surface area contributed by atoms with Crippen LogP contribution in [0.15, 0.2) is 28.4 Å². The van der Waals surface area contributed by atoms with Crippen molar-refractivity contribution in [1.29, 1.82) is 0 Å². The highest BCUT2D eigenvalue weighted by atomic mass is 32.1. The van der Waals surface area contributed by atoms with E-state index in [0.29, 0.717) is 16.8 Å². The van der Waals surface area contributed by atoms with Gasteiger partial charge >= 0.3 is 6.16 Å². The normalized spacial score (nSPS) is 12.3. The summed E-state index contributed by atoms with van der Waals surface area (Å²) in [5.74, 6) is 0. The van der Waals surface area contributed by atoms with Crippen LogP contribution in [0.3, 0.4) is 0 Å². The highest BCUT2D eigenvalue weighted by molar-refractivity contribution is 7.17. The first kappa shape index (κ1) is 17.2. The minimum absolute atomic E-state index is 0.282. The maximum Gasteiger partial charge on any atom is 0.506 e. The molecule has 0 saturated carbocycles. The Morgan fingerprint density at radius 2 is 2.08 bits per heavy atom. The van der Waals surface area contributed by atoms with E-state index in [1.165, 1.54) is 0 Å². The number of hydrogen-bond acceptors (Lipinski definition) is 5. The molecule has 25 heavy (non-hydrogen) atoms. The molecule has 2 heterocycles. The van der Waals surface area contributed by atoms with E-state index in [-0.39, 0.29) is 12.0 Å². The molecule has 7 heteroatoms. The number of carboxylic acid groups (broad SMARTS) is 1. The first-order valence-electron chi connectivity index (χ1n) is 7.83. The largest absolute Gasteiger partial charge is 0.506 e. The van der Waals surface area contributed by atoms with E-state index in [1.807, 2.05) is 30.5 Å². The molecule has 2 aromatic heterocycles. The van der Waals surface area contributed by atoms with Crippen molar-refractivity contribution in [3.05, 3.63) is 50.8 Å². The van der Waals surface area contributed by atoms with Gasteiger partial charge in [0.1, 0.15) is 6.10 Å². The second-order valence-corrected chi connectivity index (χ2v) is 6.93. The van der Waals surface area contributed by atoms with E-state index < -0.39 is 12.3 Å². The lowest BCUT2D eigenvalue weighted by molar-refractivity contribution is 0.0592. The van der Waals surface area contributed by atoms with Crippen LogP contribution < -0.4 is 5.56 Å². The highest BCUT2D eigenvalue weighted by Crippen LogP contribution is 2.35. The first-order valence-corrected chi connectivity index (χ1v) is 8.71. The Morgan fingerprint density at radius 3 is 2.80 bits per heavy atom. The molecule has 1 unspecified atom stereocenters. The van der Waals surface area contributed by atoms with Crippen LogP contribution in [0.25, 0.3) is 21.2 Å². The van der Waals surface area contributed by atoms with Gasteiger partial charge in [0.2, 0.25) is 0 Å². The summed E-state index contributed by atoms with van der Waals surface area (Å²) in [5.41, 5.74) is 3.46. The standard InChI is InChI=1S/C18H18N2O4S/c1-9-4-5-14-12(6-7-25-14)15(9)16-13(8-10(2)24-18(22)23)11(3)19-20-17(16)21/h4-7,10H,8H2,1-3H3,(H,20,21)(H,22,23). The number of ether oxygens (including phenoxy) is 1. The van der Waals surface area contributed by atoms with Crippen molar-refractivity contribution in [2.24, 2.45) is 0 Å². The molecular weight excluding hydrogens is 340 g/mol. The molecule has 0 bridgehead atoms. The van der Waals surface area contributed by atoms with Gasteiger partial charge < -0.3 is 9.84 Å². The van der Waals surface area contributed by atoms with Crippen molar-refractivity contribution >= 4 is 27.6 Å². The maximum absolute atomic E-state index is 12.6. The summed E-state index contributed by atoms with van der Waals surface area (Å²) >= 11 is 1.61. The molecule has 0 amide bonds. The Labute approximate surface area is 148 Å². The Balaban J connectivity index is 2.23. The third kappa shape index (κ3) is 3.28. The fourth-order valence-corrected chi connectivity index (χ4v) is 3.87. The predicted octanol–water partition coefficient (Wildman–Crippen LogP) is 3.89. The lowest BCUT2D eigenvalue weighted by Gasteiger charge is -2.17. The molecule has 0 spiro atoms. The molecule has 0 aliphatic heterocycles. The summed E-state index contributed by atoms with van der Waals surface area (Å²) in [6.45, 7) is 5.42. The number of benzene rings is 1. The first-order chi connectivity index (χ1) is 11.9. The molecule has 130 valence electrons. The van der Waals surface area contributed by atoms with E-state index >= 15 is 0 Å². The molecule has 0 aliphatic carbocycles. The van der Waals surface area contributed by atoms with Gasteiger partial charge in [-0.2, -0.15) is 5.10 Å². The fraction of sp³-hybridized carbons (Fsp3) is 0.278. The molecule has 0 fully saturated rings. The Hall–Kier alpha value is -2.67. The second kappa shape index (κ2) is 6.68. The zero-order valence-corrected chi connectivity index (χ0v) is 14.9. The quantitative estimate of drug-likeness (QED) is 0.690. The number of carbonyl (C=O) groups is 1. The predicted molar refractivity (Wildman–Crippen MR) is 97.4 cm³/mol. The van der Waals surface area contributed by atoms with Crippen molar-refractivity contribution in [3.63, 3.8) is 0 Å². The van der Waals surface area contributed by atoms with Gasteiger partial charge in [-0.05, 0) is 55.0 Å². The summed E-state index contributed by atoms with van der Waals surface area (Å²) < 4.78 is 5.91. The lowest BCUT2D eigenvalue weighted by Crippen LogP contribution is -2.22. The summed E-state index contributed by atoms with van der Waals surface area (Å²) in [7, 11) is 0. The van der Waals surface area contributed by atoms with Crippen LogP contribution in [-0.4, -0.2) is 27.6 Å². The van der Waals surface area contributed by atoms with Crippen molar-refractivity contribution < 1.29 is 14.6 Å². The Morgan fingerprint density at radius 1 is 1.32 bits per heavy atom. The molecule has 0 saturated heterocycles. The van der Waals surface area contributed by atoms with Gasteiger partial charge in [0.15, 0.2) is 0 Å². The number of aromatic amines is 1. The number of thiophene rings is 1. The number of nitrogens with zero attached hydrogens (tertiary/aromatic N) is 1. The van der Waals surface area contributed by atoms with Crippen LogP contribution in [0, 0.1) is 13.8 Å². The number of rotatable bonds is 4. The molecule has 3 aromatic rings. The topological polar surface area (TPSA) is 92.3 Å². The van der Waals surface area contributed by atoms with Crippen molar-refractivity contribution in [1.82, 2.24) is 10.2 Å². The molecule has 0 aliphatic rings. The molecular formula is C18H18N2O4S. The number of hydrogen-bond donors (Lipinski definition) is 2. The van der Waals surface area contributed by atoms with Gasteiger partial charge in [-0.25, -0.2) is 9.89 Å². The van der Waals surface area contributed by atoms with Crippen LogP contribution in [0.2, 0.25) is 0 Å². The minimum Gasteiger partial charge on any atom is -0.450 e. The van der Waals surface area contributed by atoms with Gasteiger partial charge in [0.05, 0.1) is 11.3 Å². The monoisotopic (exact) mass is 358 g/mol. The molecule has 6 nitrogen and oxygen atoms in total. The van der Waals surface area contributed by atoms with Crippen LogP contribution in [0.5, 0.6) is 0 Å². The number of fused-ring (bicyclic) bond motifs is 1. The number of H-pyrrole nitrogens is 1. The maximum atomic E-state index is 12.6. The average Bonchev–Trinajstić information content (AvgIpc) is 3.00. The van der Waals surface area contributed by atoms with E-state index in [2.05, 4.69) is 10.2 Å². The van der Waals surface area contributed by atoms with Crippen LogP contribution >= 0.6 is 11.3 Å². The fourth-order valence-electron chi connectivity index (χ4n) is 3.08. The minimum atomic E-state index is -1.33.